The second-order valence-electron chi connectivity index (χ2n) is 6.92. The molecule has 2 heterocycles. The molecule has 5 nitrogen and oxygen atoms in total. The Hall–Kier alpha value is -2.56. The van der Waals surface area contributed by atoms with Crippen LogP contribution in [0.1, 0.15) is 37.4 Å². The van der Waals surface area contributed by atoms with Gasteiger partial charge in [-0.15, -0.1) is 0 Å². The first-order chi connectivity index (χ1) is 12.0. The van der Waals surface area contributed by atoms with Crippen LogP contribution in [-0.4, -0.2) is 32.0 Å². The van der Waals surface area contributed by atoms with Gasteiger partial charge in [0.15, 0.2) is 5.76 Å². The van der Waals surface area contributed by atoms with Gasteiger partial charge in [0, 0.05) is 31.1 Å². The summed E-state index contributed by atoms with van der Waals surface area (Å²) in [5, 5.41) is 10.4. The number of hydrogen-bond acceptors (Lipinski definition) is 3. The second-order valence-corrected chi connectivity index (χ2v) is 6.92. The van der Waals surface area contributed by atoms with E-state index >= 15 is 0 Å². The number of aliphatic hydroxyl groups excluding tert-OH is 1. The molecule has 1 aromatic heterocycles. The monoisotopic (exact) mass is 339 g/mol. The number of nitrogens with zero attached hydrogens (tertiary/aromatic N) is 3. The zero-order valence-corrected chi connectivity index (χ0v) is 15.0. The smallest absolute Gasteiger partial charge is 0.289 e. The van der Waals surface area contributed by atoms with E-state index in [1.54, 1.807) is 17.4 Å². The molecule has 3 rings (SSSR count). The normalized spacial score (nSPS) is 17.8. The molecular weight excluding hydrogens is 314 g/mol. The molecule has 0 bridgehead atoms. The molecule has 1 aliphatic rings. The molecule has 1 aliphatic heterocycles. The maximum absolute atomic E-state index is 12.7. The number of carbonyl (C=O) groups is 1. The van der Waals surface area contributed by atoms with Crippen molar-refractivity contribution >= 4 is 5.91 Å². The van der Waals surface area contributed by atoms with E-state index in [0.29, 0.717) is 6.54 Å². The van der Waals surface area contributed by atoms with Crippen molar-refractivity contribution in [2.24, 2.45) is 5.92 Å². The fourth-order valence-corrected chi connectivity index (χ4v) is 3.44. The van der Waals surface area contributed by atoms with Crippen LogP contribution in [0, 0.1) is 12.8 Å². The molecule has 5 heteroatoms. The third-order valence-electron chi connectivity index (χ3n) is 4.73. The number of carbonyl (C=O) groups excluding carboxylic acids is 1. The van der Waals surface area contributed by atoms with Crippen LogP contribution in [-0.2, 0) is 11.3 Å². The number of aryl methyl sites for hydroxylation is 2. The first-order valence-electron chi connectivity index (χ1n) is 8.75. The Morgan fingerprint density at radius 3 is 2.52 bits per heavy atom. The van der Waals surface area contributed by atoms with Crippen LogP contribution in [0.25, 0.3) is 0 Å². The summed E-state index contributed by atoms with van der Waals surface area (Å²) in [5.41, 5.74) is 3.05. The lowest BCUT2D eigenvalue weighted by atomic mass is 9.91. The van der Waals surface area contributed by atoms with Crippen LogP contribution >= 0.6 is 0 Å². The second kappa shape index (κ2) is 7.13. The molecule has 1 N–H and O–H groups in total. The van der Waals surface area contributed by atoms with Crippen molar-refractivity contribution in [2.45, 2.75) is 39.8 Å². The predicted octanol–water partition coefficient (Wildman–Crippen LogP) is 3.63. The average Bonchev–Trinajstić information content (AvgIpc) is 3.17. The molecule has 0 saturated heterocycles. The molecule has 0 radical (unpaired) electrons. The van der Waals surface area contributed by atoms with Gasteiger partial charge in [-0.1, -0.05) is 43.7 Å². The van der Waals surface area contributed by atoms with Crippen molar-refractivity contribution in [3.05, 3.63) is 65.4 Å². The van der Waals surface area contributed by atoms with E-state index in [2.05, 4.69) is 29.2 Å². The minimum Gasteiger partial charge on any atom is -0.503 e. The highest BCUT2D eigenvalue weighted by Crippen LogP contribution is 2.40. The molecule has 1 aromatic carbocycles. The van der Waals surface area contributed by atoms with Gasteiger partial charge in [0.05, 0.1) is 12.4 Å². The molecule has 0 spiro atoms. The fraction of sp³-hybridized carbons (Fsp3) is 0.400. The van der Waals surface area contributed by atoms with E-state index in [1.807, 2.05) is 31.5 Å². The van der Waals surface area contributed by atoms with Crippen molar-refractivity contribution in [3.8, 4) is 0 Å². The van der Waals surface area contributed by atoms with Crippen molar-refractivity contribution < 1.29 is 9.90 Å². The number of imidazole rings is 1. The van der Waals surface area contributed by atoms with E-state index in [0.717, 1.165) is 24.1 Å². The topological polar surface area (TPSA) is 58.4 Å². The van der Waals surface area contributed by atoms with Gasteiger partial charge in [-0.25, -0.2) is 4.98 Å². The average molecular weight is 339 g/mol. The van der Waals surface area contributed by atoms with E-state index in [9.17, 15) is 9.90 Å². The van der Waals surface area contributed by atoms with Gasteiger partial charge in [0.25, 0.3) is 5.91 Å². The van der Waals surface area contributed by atoms with Gasteiger partial charge in [0.2, 0.25) is 0 Å². The van der Waals surface area contributed by atoms with Gasteiger partial charge in [-0.05, 0) is 24.8 Å². The molecule has 0 saturated carbocycles. The summed E-state index contributed by atoms with van der Waals surface area (Å²) in [7, 11) is 0. The third-order valence-corrected chi connectivity index (χ3v) is 4.73. The maximum atomic E-state index is 12.7. The zero-order valence-electron chi connectivity index (χ0n) is 15.0. The molecule has 132 valence electrons. The van der Waals surface area contributed by atoms with Gasteiger partial charge in [-0.2, -0.15) is 0 Å². The Bertz CT molecular complexity index is 761. The Morgan fingerprint density at radius 1 is 1.20 bits per heavy atom. The van der Waals surface area contributed by atoms with E-state index in [1.165, 1.54) is 5.56 Å². The SMILES string of the molecule is Cc1ccc(C2C(C(C)C)=C(O)C(=O)N2CCCn2ccnc2)cc1. The van der Waals surface area contributed by atoms with Crippen LogP contribution in [0.5, 0.6) is 0 Å². The van der Waals surface area contributed by atoms with Crippen LogP contribution in [0.2, 0.25) is 0 Å². The van der Waals surface area contributed by atoms with Crippen LogP contribution < -0.4 is 0 Å². The standard InChI is InChI=1S/C20H25N3O2/c1-14(2)17-18(16-7-5-15(3)6-8-16)23(20(25)19(17)24)11-4-10-22-12-9-21-13-22/h5-9,12-14,18,24H,4,10-11H2,1-3H3. The Morgan fingerprint density at radius 2 is 1.92 bits per heavy atom. The summed E-state index contributed by atoms with van der Waals surface area (Å²) in [4.78, 5) is 18.5. The molecule has 1 unspecified atom stereocenters. The van der Waals surface area contributed by atoms with Crippen molar-refractivity contribution in [1.29, 1.82) is 0 Å². The van der Waals surface area contributed by atoms with Crippen molar-refractivity contribution in [2.75, 3.05) is 6.54 Å². The number of aromatic nitrogens is 2. The summed E-state index contributed by atoms with van der Waals surface area (Å²) < 4.78 is 2.00. The minimum absolute atomic E-state index is 0.0804. The van der Waals surface area contributed by atoms with Gasteiger partial charge in [0.1, 0.15) is 0 Å². The number of aliphatic hydroxyl groups is 1. The summed E-state index contributed by atoms with van der Waals surface area (Å²) in [6.07, 6.45) is 6.25. The van der Waals surface area contributed by atoms with Gasteiger partial charge in [-0.3, -0.25) is 4.79 Å². The number of benzene rings is 1. The number of hydrogen-bond donors (Lipinski definition) is 1. The Balaban J connectivity index is 1.84. The highest BCUT2D eigenvalue weighted by Gasteiger charge is 2.40. The quantitative estimate of drug-likeness (QED) is 0.874. The minimum atomic E-state index is -0.264. The van der Waals surface area contributed by atoms with Gasteiger partial charge < -0.3 is 14.6 Å². The lowest BCUT2D eigenvalue weighted by Crippen LogP contribution is -2.32. The summed E-state index contributed by atoms with van der Waals surface area (Å²) in [5.74, 6) is -0.239. The lowest BCUT2D eigenvalue weighted by Gasteiger charge is -2.28. The van der Waals surface area contributed by atoms with Crippen molar-refractivity contribution in [1.82, 2.24) is 14.5 Å². The van der Waals surface area contributed by atoms with Crippen molar-refractivity contribution in [3.63, 3.8) is 0 Å². The molecule has 1 amide bonds. The summed E-state index contributed by atoms with van der Waals surface area (Å²) in [6.45, 7) is 7.48. The predicted molar refractivity (Wildman–Crippen MR) is 97.0 cm³/mol. The Kier molecular flexibility index (Phi) is 4.93. The molecular formula is C20H25N3O2. The summed E-state index contributed by atoms with van der Waals surface area (Å²) >= 11 is 0. The number of rotatable bonds is 6. The number of amides is 1. The Labute approximate surface area is 148 Å². The van der Waals surface area contributed by atoms with E-state index in [4.69, 9.17) is 0 Å². The molecule has 0 aliphatic carbocycles. The van der Waals surface area contributed by atoms with Gasteiger partial charge >= 0.3 is 0 Å². The zero-order chi connectivity index (χ0) is 18.0. The van der Waals surface area contributed by atoms with E-state index < -0.39 is 0 Å². The van der Waals surface area contributed by atoms with Crippen LogP contribution in [0.3, 0.4) is 0 Å². The highest BCUT2D eigenvalue weighted by atomic mass is 16.3. The largest absolute Gasteiger partial charge is 0.503 e. The third kappa shape index (κ3) is 3.45. The molecule has 0 fully saturated rings. The van der Waals surface area contributed by atoms with Crippen LogP contribution in [0.4, 0.5) is 0 Å². The lowest BCUT2D eigenvalue weighted by molar-refractivity contribution is -0.129. The maximum Gasteiger partial charge on any atom is 0.289 e. The fourth-order valence-electron chi connectivity index (χ4n) is 3.44. The molecule has 2 aromatic rings. The molecule has 1 atom stereocenters. The first kappa shape index (κ1) is 17.3. The van der Waals surface area contributed by atoms with E-state index in [-0.39, 0.29) is 23.6 Å². The molecule has 25 heavy (non-hydrogen) atoms. The van der Waals surface area contributed by atoms with Crippen LogP contribution in [0.15, 0.2) is 54.3 Å². The first-order valence-corrected chi connectivity index (χ1v) is 8.75. The highest BCUT2D eigenvalue weighted by molar-refractivity contribution is 5.95. The summed E-state index contributed by atoms with van der Waals surface area (Å²) in [6, 6.07) is 8.03.